The first-order chi connectivity index (χ1) is 13.9. The molecule has 8 heteroatoms. The molecule has 0 fully saturated rings. The molecule has 0 unspecified atom stereocenters. The molecule has 0 radical (unpaired) electrons. The summed E-state index contributed by atoms with van der Waals surface area (Å²) in [4.78, 5) is 47.5. The van der Waals surface area contributed by atoms with Crippen molar-refractivity contribution in [3.8, 4) is 0 Å². The van der Waals surface area contributed by atoms with Gasteiger partial charge in [-0.05, 0) is 50.2 Å². The van der Waals surface area contributed by atoms with Crippen molar-refractivity contribution >= 4 is 29.4 Å². The van der Waals surface area contributed by atoms with Crippen LogP contribution >= 0.6 is 0 Å². The smallest absolute Gasteiger partial charge is 0.338 e. The Balaban J connectivity index is 1.78. The van der Waals surface area contributed by atoms with Gasteiger partial charge in [0.15, 0.2) is 6.61 Å². The fourth-order valence-corrected chi connectivity index (χ4v) is 2.29. The summed E-state index contributed by atoms with van der Waals surface area (Å²) >= 11 is 0. The quantitative estimate of drug-likeness (QED) is 0.660. The average Bonchev–Trinajstić information content (AvgIpc) is 2.73. The van der Waals surface area contributed by atoms with E-state index in [1.165, 1.54) is 31.2 Å². The standard InChI is InChI=1S/C21H22N2O6/c1-3-28-21(27)16-9-11-17(12-10-16)23-18(24)13-29-20(26)14(2)22-19(25)15-7-5-4-6-8-15/h4-12,14H,3,13H2,1-2H3,(H,22,25)(H,23,24)/t14-/m0/s1. The number of hydrogen-bond donors (Lipinski definition) is 2. The van der Waals surface area contributed by atoms with Crippen LogP contribution in [0.2, 0.25) is 0 Å². The number of carbonyl (C=O) groups is 4. The van der Waals surface area contributed by atoms with Gasteiger partial charge >= 0.3 is 11.9 Å². The van der Waals surface area contributed by atoms with E-state index in [2.05, 4.69) is 10.6 Å². The molecule has 0 aliphatic heterocycles. The van der Waals surface area contributed by atoms with Crippen LogP contribution in [0.25, 0.3) is 0 Å². The molecule has 1 atom stereocenters. The Bertz CT molecular complexity index is 864. The fraction of sp³-hybridized carbons (Fsp3) is 0.238. The molecule has 8 nitrogen and oxygen atoms in total. The highest BCUT2D eigenvalue weighted by atomic mass is 16.5. The Morgan fingerprint density at radius 1 is 0.897 bits per heavy atom. The summed E-state index contributed by atoms with van der Waals surface area (Å²) in [5, 5.41) is 5.05. The number of rotatable bonds is 8. The minimum Gasteiger partial charge on any atom is -0.462 e. The zero-order valence-corrected chi connectivity index (χ0v) is 16.1. The molecule has 2 rings (SSSR count). The highest BCUT2D eigenvalue weighted by molar-refractivity contribution is 5.97. The van der Waals surface area contributed by atoms with E-state index in [1.54, 1.807) is 37.3 Å². The maximum Gasteiger partial charge on any atom is 0.338 e. The first-order valence-electron chi connectivity index (χ1n) is 9.00. The molecule has 29 heavy (non-hydrogen) atoms. The van der Waals surface area contributed by atoms with Crippen molar-refractivity contribution in [3.63, 3.8) is 0 Å². The first kappa shape index (κ1) is 21.6. The van der Waals surface area contributed by atoms with Crippen molar-refractivity contribution in [1.82, 2.24) is 5.32 Å². The highest BCUT2D eigenvalue weighted by Gasteiger charge is 2.19. The van der Waals surface area contributed by atoms with Crippen molar-refractivity contribution < 1.29 is 28.7 Å². The Hall–Kier alpha value is -3.68. The van der Waals surface area contributed by atoms with Gasteiger partial charge in [0.2, 0.25) is 0 Å². The number of nitrogens with one attached hydrogen (secondary N) is 2. The van der Waals surface area contributed by atoms with Crippen molar-refractivity contribution in [2.75, 3.05) is 18.5 Å². The van der Waals surface area contributed by atoms with E-state index in [0.717, 1.165) is 0 Å². The van der Waals surface area contributed by atoms with Crippen LogP contribution in [0.3, 0.4) is 0 Å². The molecule has 2 N–H and O–H groups in total. The normalized spacial score (nSPS) is 11.1. The lowest BCUT2D eigenvalue weighted by atomic mass is 10.2. The molecule has 0 aromatic heterocycles. The SMILES string of the molecule is CCOC(=O)c1ccc(NC(=O)COC(=O)[C@H](C)NC(=O)c2ccccc2)cc1. The monoisotopic (exact) mass is 398 g/mol. The Kier molecular flexibility index (Phi) is 7.90. The van der Waals surface area contributed by atoms with Crippen molar-refractivity contribution in [3.05, 3.63) is 65.7 Å². The summed E-state index contributed by atoms with van der Waals surface area (Å²) in [6, 6.07) is 13.6. The molecule has 0 heterocycles. The van der Waals surface area contributed by atoms with Crippen molar-refractivity contribution in [2.45, 2.75) is 19.9 Å². The maximum absolute atomic E-state index is 12.0. The molecule has 152 valence electrons. The second-order valence-electron chi connectivity index (χ2n) is 6.01. The number of carbonyl (C=O) groups excluding carboxylic acids is 4. The number of hydrogen-bond acceptors (Lipinski definition) is 6. The Morgan fingerprint density at radius 2 is 1.55 bits per heavy atom. The number of benzene rings is 2. The third-order valence-corrected chi connectivity index (χ3v) is 3.76. The minimum atomic E-state index is -0.917. The minimum absolute atomic E-state index is 0.271. The molecule has 0 spiro atoms. The van der Waals surface area contributed by atoms with E-state index < -0.39 is 36.4 Å². The molecule has 0 aliphatic rings. The zero-order chi connectivity index (χ0) is 21.2. The van der Waals surface area contributed by atoms with Gasteiger partial charge in [-0.1, -0.05) is 18.2 Å². The van der Waals surface area contributed by atoms with E-state index in [9.17, 15) is 19.2 Å². The molecule has 2 amide bonds. The number of anilines is 1. The summed E-state index contributed by atoms with van der Waals surface area (Å²) in [5.41, 5.74) is 1.21. The van der Waals surface area contributed by atoms with E-state index in [0.29, 0.717) is 16.8 Å². The molecular weight excluding hydrogens is 376 g/mol. The average molecular weight is 398 g/mol. The van der Waals surface area contributed by atoms with Gasteiger partial charge in [0.05, 0.1) is 12.2 Å². The van der Waals surface area contributed by atoms with Crippen LogP contribution in [0.1, 0.15) is 34.6 Å². The summed E-state index contributed by atoms with van der Waals surface area (Å²) in [6.45, 7) is 2.94. The van der Waals surface area contributed by atoms with Crippen LogP contribution in [0.4, 0.5) is 5.69 Å². The van der Waals surface area contributed by atoms with E-state index in [4.69, 9.17) is 9.47 Å². The lowest BCUT2D eigenvalue weighted by Crippen LogP contribution is -2.40. The summed E-state index contributed by atoms with van der Waals surface area (Å²) in [5.74, 6) is -2.15. The van der Waals surface area contributed by atoms with Gasteiger partial charge in [-0.3, -0.25) is 9.59 Å². The molecule has 2 aromatic carbocycles. The first-order valence-corrected chi connectivity index (χ1v) is 9.00. The maximum atomic E-state index is 12.0. The summed E-state index contributed by atoms with van der Waals surface area (Å²) in [6.07, 6.45) is 0. The zero-order valence-electron chi connectivity index (χ0n) is 16.1. The van der Waals surface area contributed by atoms with Gasteiger partial charge in [0.1, 0.15) is 6.04 Å². The van der Waals surface area contributed by atoms with Gasteiger partial charge in [0.25, 0.3) is 11.8 Å². The summed E-state index contributed by atoms with van der Waals surface area (Å²) < 4.78 is 9.81. The Labute approximate surface area is 168 Å². The molecule has 0 saturated carbocycles. The Morgan fingerprint density at radius 3 is 2.17 bits per heavy atom. The van der Waals surface area contributed by atoms with Gasteiger partial charge in [-0.25, -0.2) is 9.59 Å². The third-order valence-electron chi connectivity index (χ3n) is 3.76. The van der Waals surface area contributed by atoms with Crippen LogP contribution in [-0.4, -0.2) is 43.0 Å². The van der Waals surface area contributed by atoms with Gasteiger partial charge < -0.3 is 20.1 Å². The molecule has 0 aliphatic carbocycles. The lowest BCUT2D eigenvalue weighted by Gasteiger charge is -2.13. The molecule has 2 aromatic rings. The molecule has 0 bridgehead atoms. The molecule has 0 saturated heterocycles. The van der Waals surface area contributed by atoms with Crippen LogP contribution in [0.5, 0.6) is 0 Å². The third kappa shape index (κ3) is 6.76. The van der Waals surface area contributed by atoms with Gasteiger partial charge in [-0.2, -0.15) is 0 Å². The predicted octanol–water partition coefficient (Wildman–Crippen LogP) is 2.16. The molecular formula is C21H22N2O6. The number of ether oxygens (including phenoxy) is 2. The van der Waals surface area contributed by atoms with Crippen molar-refractivity contribution in [1.29, 1.82) is 0 Å². The second kappa shape index (κ2) is 10.6. The predicted molar refractivity (Wildman–Crippen MR) is 105 cm³/mol. The largest absolute Gasteiger partial charge is 0.462 e. The van der Waals surface area contributed by atoms with Crippen LogP contribution < -0.4 is 10.6 Å². The van der Waals surface area contributed by atoms with E-state index >= 15 is 0 Å². The van der Waals surface area contributed by atoms with E-state index in [-0.39, 0.29) is 6.61 Å². The van der Waals surface area contributed by atoms with Crippen LogP contribution in [0.15, 0.2) is 54.6 Å². The van der Waals surface area contributed by atoms with Crippen LogP contribution in [0, 0.1) is 0 Å². The van der Waals surface area contributed by atoms with Gasteiger partial charge in [-0.15, -0.1) is 0 Å². The summed E-state index contributed by atoms with van der Waals surface area (Å²) in [7, 11) is 0. The second-order valence-corrected chi connectivity index (χ2v) is 6.01. The lowest BCUT2D eigenvalue weighted by molar-refractivity contribution is -0.148. The van der Waals surface area contributed by atoms with Gasteiger partial charge in [0, 0.05) is 11.3 Å². The topological polar surface area (TPSA) is 111 Å². The highest BCUT2D eigenvalue weighted by Crippen LogP contribution is 2.10. The van der Waals surface area contributed by atoms with E-state index in [1.807, 2.05) is 0 Å². The number of amides is 2. The fourth-order valence-electron chi connectivity index (χ4n) is 2.29. The van der Waals surface area contributed by atoms with Crippen molar-refractivity contribution in [2.24, 2.45) is 0 Å². The van der Waals surface area contributed by atoms with Crippen LogP contribution in [-0.2, 0) is 19.1 Å². The number of esters is 2.